The average molecular weight is 212 g/mol. The number of carbonyl (C=O) groups excluding carboxylic acids is 1. The molecule has 88 valence electrons. The Morgan fingerprint density at radius 3 is 2.73 bits per heavy atom. The lowest BCUT2D eigenvalue weighted by Crippen LogP contribution is -2.41. The first-order valence-corrected chi connectivity index (χ1v) is 6.27. The molecule has 3 nitrogen and oxygen atoms in total. The molecule has 0 spiro atoms. The molecule has 1 unspecified atom stereocenters. The molecule has 1 atom stereocenters. The number of nitrogens with two attached hydrogens (primary N) is 1. The van der Waals surface area contributed by atoms with Crippen molar-refractivity contribution in [2.24, 2.45) is 11.7 Å². The Balaban J connectivity index is 2.05. The molecule has 0 bridgehead atoms. The van der Waals surface area contributed by atoms with Crippen molar-refractivity contribution in [3.8, 4) is 0 Å². The fraction of sp³-hybridized carbons (Fsp3) is 0.917. The van der Waals surface area contributed by atoms with Crippen LogP contribution in [0, 0.1) is 5.92 Å². The van der Waals surface area contributed by atoms with E-state index in [1.165, 1.54) is 25.7 Å². The highest BCUT2D eigenvalue weighted by Gasteiger charge is 2.16. The van der Waals surface area contributed by atoms with E-state index in [1.54, 1.807) is 0 Å². The molecule has 0 aromatic carbocycles. The largest absolute Gasteiger partial charge is 0.355 e. The minimum atomic E-state index is -0.307. The zero-order chi connectivity index (χ0) is 11.1. The highest BCUT2D eigenvalue weighted by atomic mass is 16.2. The van der Waals surface area contributed by atoms with Gasteiger partial charge in [0.2, 0.25) is 5.91 Å². The minimum Gasteiger partial charge on any atom is -0.355 e. The molecular weight excluding hydrogens is 188 g/mol. The predicted molar refractivity (Wildman–Crippen MR) is 62.5 cm³/mol. The van der Waals surface area contributed by atoms with Gasteiger partial charge in [-0.2, -0.15) is 0 Å². The van der Waals surface area contributed by atoms with Gasteiger partial charge in [-0.25, -0.2) is 0 Å². The van der Waals surface area contributed by atoms with Crippen molar-refractivity contribution in [3.05, 3.63) is 0 Å². The number of nitrogens with one attached hydrogen (secondary N) is 1. The normalized spacial score (nSPS) is 19.1. The summed E-state index contributed by atoms with van der Waals surface area (Å²) in [5.74, 6) is 0.863. The molecule has 0 heterocycles. The second kappa shape index (κ2) is 6.83. The minimum absolute atomic E-state index is 0.0230. The Morgan fingerprint density at radius 2 is 2.13 bits per heavy atom. The van der Waals surface area contributed by atoms with E-state index in [0.29, 0.717) is 0 Å². The lowest BCUT2D eigenvalue weighted by Gasteiger charge is -2.13. The van der Waals surface area contributed by atoms with E-state index in [2.05, 4.69) is 5.32 Å². The molecule has 0 saturated heterocycles. The van der Waals surface area contributed by atoms with Crippen LogP contribution in [-0.4, -0.2) is 18.5 Å². The maximum atomic E-state index is 11.5. The van der Waals surface area contributed by atoms with E-state index < -0.39 is 0 Å². The van der Waals surface area contributed by atoms with Gasteiger partial charge in [0.25, 0.3) is 0 Å². The van der Waals surface area contributed by atoms with E-state index in [9.17, 15) is 4.79 Å². The van der Waals surface area contributed by atoms with Gasteiger partial charge in [0, 0.05) is 6.54 Å². The van der Waals surface area contributed by atoms with Gasteiger partial charge >= 0.3 is 0 Å². The Morgan fingerprint density at radius 1 is 1.47 bits per heavy atom. The molecule has 1 fully saturated rings. The Hall–Kier alpha value is -0.570. The first-order valence-electron chi connectivity index (χ1n) is 6.27. The van der Waals surface area contributed by atoms with Gasteiger partial charge in [0.1, 0.15) is 0 Å². The Kier molecular flexibility index (Phi) is 5.69. The SMILES string of the molecule is CCCC(N)C(=O)NCCC1CCCC1. The van der Waals surface area contributed by atoms with E-state index in [-0.39, 0.29) is 11.9 Å². The molecule has 0 aliphatic heterocycles. The number of rotatable bonds is 6. The van der Waals surface area contributed by atoms with Crippen LogP contribution < -0.4 is 11.1 Å². The van der Waals surface area contributed by atoms with Crippen molar-refractivity contribution in [2.75, 3.05) is 6.54 Å². The first-order chi connectivity index (χ1) is 7.24. The van der Waals surface area contributed by atoms with Gasteiger partial charge in [-0.1, -0.05) is 39.0 Å². The maximum Gasteiger partial charge on any atom is 0.236 e. The summed E-state index contributed by atoms with van der Waals surface area (Å²) in [5, 5.41) is 2.93. The van der Waals surface area contributed by atoms with Gasteiger partial charge in [0.15, 0.2) is 0 Å². The van der Waals surface area contributed by atoms with Crippen molar-refractivity contribution in [1.29, 1.82) is 0 Å². The smallest absolute Gasteiger partial charge is 0.236 e. The molecule has 15 heavy (non-hydrogen) atoms. The number of hydrogen-bond donors (Lipinski definition) is 2. The monoisotopic (exact) mass is 212 g/mol. The molecule has 1 saturated carbocycles. The molecule has 3 heteroatoms. The summed E-state index contributed by atoms with van der Waals surface area (Å²) in [6, 6.07) is -0.307. The third-order valence-corrected chi connectivity index (χ3v) is 3.26. The fourth-order valence-corrected chi connectivity index (χ4v) is 2.27. The molecule has 0 radical (unpaired) electrons. The molecule has 1 amide bonds. The van der Waals surface area contributed by atoms with Crippen LogP contribution in [-0.2, 0) is 4.79 Å². The standard InChI is InChI=1S/C12H24N2O/c1-2-5-11(13)12(15)14-9-8-10-6-3-4-7-10/h10-11H,2-9,13H2,1H3,(H,14,15). The summed E-state index contributed by atoms with van der Waals surface area (Å²) in [4.78, 5) is 11.5. The molecule has 0 aromatic rings. The van der Waals surface area contributed by atoms with Crippen LogP contribution in [0.4, 0.5) is 0 Å². The Bertz CT molecular complexity index is 188. The molecule has 3 N–H and O–H groups in total. The first kappa shape index (κ1) is 12.5. The van der Waals surface area contributed by atoms with E-state index in [0.717, 1.165) is 31.7 Å². The quantitative estimate of drug-likeness (QED) is 0.705. The van der Waals surface area contributed by atoms with Crippen LogP contribution in [0.15, 0.2) is 0 Å². The summed E-state index contributed by atoms with van der Waals surface area (Å²) < 4.78 is 0. The van der Waals surface area contributed by atoms with E-state index >= 15 is 0 Å². The average Bonchev–Trinajstić information content (AvgIpc) is 2.71. The summed E-state index contributed by atoms with van der Waals surface area (Å²) in [6.07, 6.45) is 8.31. The van der Waals surface area contributed by atoms with Crippen LogP contribution in [0.25, 0.3) is 0 Å². The van der Waals surface area contributed by atoms with Crippen LogP contribution >= 0.6 is 0 Å². The third-order valence-electron chi connectivity index (χ3n) is 3.26. The van der Waals surface area contributed by atoms with Crippen molar-refractivity contribution >= 4 is 5.91 Å². The van der Waals surface area contributed by atoms with Gasteiger partial charge in [-0.05, 0) is 18.8 Å². The van der Waals surface area contributed by atoms with Gasteiger partial charge < -0.3 is 11.1 Å². The second-order valence-corrected chi connectivity index (χ2v) is 4.63. The van der Waals surface area contributed by atoms with Crippen LogP contribution in [0.1, 0.15) is 51.9 Å². The highest BCUT2D eigenvalue weighted by molar-refractivity contribution is 5.81. The van der Waals surface area contributed by atoms with Crippen molar-refractivity contribution in [3.63, 3.8) is 0 Å². The van der Waals surface area contributed by atoms with Crippen LogP contribution in [0.3, 0.4) is 0 Å². The van der Waals surface area contributed by atoms with E-state index in [1.807, 2.05) is 6.92 Å². The topological polar surface area (TPSA) is 55.1 Å². The van der Waals surface area contributed by atoms with Crippen LogP contribution in [0.5, 0.6) is 0 Å². The van der Waals surface area contributed by atoms with Crippen molar-refractivity contribution < 1.29 is 4.79 Å². The maximum absolute atomic E-state index is 11.5. The zero-order valence-electron chi connectivity index (χ0n) is 9.80. The third kappa shape index (κ3) is 4.65. The Labute approximate surface area is 92.8 Å². The highest BCUT2D eigenvalue weighted by Crippen LogP contribution is 2.26. The zero-order valence-corrected chi connectivity index (χ0v) is 9.80. The summed E-state index contributed by atoms with van der Waals surface area (Å²) in [6.45, 7) is 2.85. The predicted octanol–water partition coefficient (Wildman–Crippen LogP) is 1.81. The van der Waals surface area contributed by atoms with Gasteiger partial charge in [0.05, 0.1) is 6.04 Å². The van der Waals surface area contributed by atoms with Crippen molar-refractivity contribution in [2.45, 2.75) is 57.9 Å². The number of amides is 1. The van der Waals surface area contributed by atoms with Crippen molar-refractivity contribution in [1.82, 2.24) is 5.32 Å². The van der Waals surface area contributed by atoms with Gasteiger partial charge in [-0.3, -0.25) is 4.79 Å². The second-order valence-electron chi connectivity index (χ2n) is 4.63. The summed E-state index contributed by atoms with van der Waals surface area (Å²) >= 11 is 0. The summed E-state index contributed by atoms with van der Waals surface area (Å²) in [7, 11) is 0. The van der Waals surface area contributed by atoms with Crippen LogP contribution in [0.2, 0.25) is 0 Å². The lowest BCUT2D eigenvalue weighted by atomic mass is 10.0. The number of carbonyl (C=O) groups is 1. The number of hydrogen-bond acceptors (Lipinski definition) is 2. The molecule has 1 rings (SSSR count). The molecule has 0 aromatic heterocycles. The fourth-order valence-electron chi connectivity index (χ4n) is 2.27. The summed E-state index contributed by atoms with van der Waals surface area (Å²) in [5.41, 5.74) is 5.71. The van der Waals surface area contributed by atoms with Gasteiger partial charge in [-0.15, -0.1) is 0 Å². The molecule has 1 aliphatic carbocycles. The molecular formula is C12H24N2O. The molecule has 1 aliphatic rings. The van der Waals surface area contributed by atoms with E-state index in [4.69, 9.17) is 5.73 Å². The lowest BCUT2D eigenvalue weighted by molar-refractivity contribution is -0.122.